The number of nitrogens with zero attached hydrogens (tertiary/aromatic N) is 3. The monoisotopic (exact) mass is 453 g/mol. The number of amides is 1. The summed E-state index contributed by atoms with van der Waals surface area (Å²) in [6, 6.07) is 3.25. The van der Waals surface area contributed by atoms with Gasteiger partial charge in [-0.05, 0) is 64.2 Å². The lowest BCUT2D eigenvalue weighted by Gasteiger charge is -2.33. The fourth-order valence-electron chi connectivity index (χ4n) is 3.96. The maximum absolute atomic E-state index is 12.5. The number of halogens is 3. The second kappa shape index (κ2) is 9.11. The van der Waals surface area contributed by atoms with Crippen molar-refractivity contribution in [1.82, 2.24) is 14.7 Å². The molecule has 1 fully saturated rings. The molecule has 0 atom stereocenters. The van der Waals surface area contributed by atoms with Crippen LogP contribution in [0.5, 0.6) is 0 Å². The van der Waals surface area contributed by atoms with Gasteiger partial charge in [0.15, 0.2) is 5.78 Å². The van der Waals surface area contributed by atoms with E-state index < -0.39 is 30.4 Å². The molecule has 3 rings (SSSR count). The van der Waals surface area contributed by atoms with Crippen molar-refractivity contribution >= 4 is 22.8 Å². The Morgan fingerprint density at radius 3 is 2.41 bits per heavy atom. The minimum Gasteiger partial charge on any atom is -0.444 e. The Labute approximate surface area is 185 Å². The quantitative estimate of drug-likeness (QED) is 0.560. The van der Waals surface area contributed by atoms with E-state index in [0.717, 1.165) is 18.2 Å². The zero-order chi connectivity index (χ0) is 23.7. The number of alkyl halides is 3. The van der Waals surface area contributed by atoms with Crippen LogP contribution in [0.2, 0.25) is 0 Å². The minimum absolute atomic E-state index is 0.292. The van der Waals surface area contributed by atoms with Crippen molar-refractivity contribution in [1.29, 1.82) is 0 Å². The smallest absolute Gasteiger partial charge is 0.410 e. The van der Waals surface area contributed by atoms with Crippen LogP contribution < -0.4 is 0 Å². The summed E-state index contributed by atoms with van der Waals surface area (Å²) in [6.07, 6.45) is -2.81. The molecule has 1 aromatic carbocycles. The largest absolute Gasteiger partial charge is 0.444 e. The van der Waals surface area contributed by atoms with Gasteiger partial charge < -0.3 is 9.64 Å². The summed E-state index contributed by atoms with van der Waals surface area (Å²) in [4.78, 5) is 26.2. The third kappa shape index (κ3) is 6.23. The predicted octanol–water partition coefficient (Wildman–Crippen LogP) is 5.52. The summed E-state index contributed by atoms with van der Waals surface area (Å²) in [7, 11) is 0. The second-order valence-corrected chi connectivity index (χ2v) is 9.47. The number of aromatic nitrogens is 2. The molecule has 1 saturated heterocycles. The van der Waals surface area contributed by atoms with Gasteiger partial charge in [-0.1, -0.05) is 0 Å². The van der Waals surface area contributed by atoms with Crippen molar-refractivity contribution in [2.75, 3.05) is 13.1 Å². The molecule has 1 aliphatic rings. The molecule has 1 aromatic heterocycles. The predicted molar refractivity (Wildman–Crippen MR) is 115 cm³/mol. The van der Waals surface area contributed by atoms with Gasteiger partial charge in [-0.25, -0.2) is 4.79 Å². The Morgan fingerprint density at radius 1 is 1.16 bits per heavy atom. The normalized spacial score (nSPS) is 15.9. The van der Waals surface area contributed by atoms with Crippen LogP contribution in [0.1, 0.15) is 62.4 Å². The Hall–Kier alpha value is -2.58. The van der Waals surface area contributed by atoms with Crippen molar-refractivity contribution < 1.29 is 27.5 Å². The molecule has 0 unspecified atom stereocenters. The first-order valence-corrected chi connectivity index (χ1v) is 10.9. The molecule has 9 heteroatoms. The highest BCUT2D eigenvalue weighted by atomic mass is 19.4. The van der Waals surface area contributed by atoms with Crippen LogP contribution in [-0.2, 0) is 11.3 Å². The maximum Gasteiger partial charge on any atom is 0.410 e. The maximum atomic E-state index is 12.5. The van der Waals surface area contributed by atoms with Crippen LogP contribution in [-0.4, -0.2) is 51.4 Å². The molecule has 0 N–H and O–H groups in total. The molecule has 2 heterocycles. The third-order valence-electron chi connectivity index (χ3n) is 5.65. The molecule has 0 radical (unpaired) electrons. The summed E-state index contributed by atoms with van der Waals surface area (Å²) < 4.78 is 44.6. The zero-order valence-corrected chi connectivity index (χ0v) is 19.0. The number of Topliss-reactive ketones (excluding diaryl/α,β-unsaturated/α-hetero) is 1. The van der Waals surface area contributed by atoms with Gasteiger partial charge in [0.2, 0.25) is 0 Å². The molecule has 32 heavy (non-hydrogen) atoms. The first-order valence-electron chi connectivity index (χ1n) is 10.9. The van der Waals surface area contributed by atoms with Gasteiger partial charge in [-0.2, -0.15) is 18.3 Å². The standard InChI is InChI=1S/C23H30F3N3O3/c1-15-17(20(30)7-10-23(24,25)26)5-6-19-18(15)14-29(27-19)13-16-8-11-28(12-9-16)21(31)32-22(2,3)4/h5-6,14,16H,7-13H2,1-4H3. The molecule has 0 saturated carbocycles. The number of ether oxygens (including phenoxy) is 1. The second-order valence-electron chi connectivity index (χ2n) is 9.47. The van der Waals surface area contributed by atoms with Crippen LogP contribution in [0.15, 0.2) is 18.3 Å². The van der Waals surface area contributed by atoms with E-state index in [4.69, 9.17) is 4.74 Å². The van der Waals surface area contributed by atoms with Gasteiger partial charge in [0.05, 0.1) is 11.9 Å². The fraction of sp³-hybridized carbons (Fsp3) is 0.609. The van der Waals surface area contributed by atoms with E-state index >= 15 is 0 Å². The summed E-state index contributed by atoms with van der Waals surface area (Å²) in [5.41, 5.74) is 1.15. The SMILES string of the molecule is Cc1c(C(=O)CCC(F)(F)F)ccc2nn(CC3CCN(C(=O)OC(C)(C)C)CC3)cc12. The number of hydrogen-bond acceptors (Lipinski definition) is 4. The molecule has 1 amide bonds. The first-order chi connectivity index (χ1) is 14.8. The number of ketones is 1. The topological polar surface area (TPSA) is 64.4 Å². The Morgan fingerprint density at radius 2 is 1.81 bits per heavy atom. The molecule has 0 bridgehead atoms. The lowest BCUT2D eigenvalue weighted by Crippen LogP contribution is -2.42. The van der Waals surface area contributed by atoms with Gasteiger partial charge in [0, 0.05) is 43.2 Å². The van der Waals surface area contributed by atoms with Gasteiger partial charge in [-0.15, -0.1) is 0 Å². The van der Waals surface area contributed by atoms with Crippen molar-refractivity contribution in [3.8, 4) is 0 Å². The van der Waals surface area contributed by atoms with Crippen molar-refractivity contribution in [2.45, 2.75) is 71.7 Å². The molecule has 1 aliphatic heterocycles. The molecular weight excluding hydrogens is 423 g/mol. The fourth-order valence-corrected chi connectivity index (χ4v) is 3.96. The number of aryl methyl sites for hydroxylation is 1. The third-order valence-corrected chi connectivity index (χ3v) is 5.65. The Balaban J connectivity index is 1.63. The first kappa shape index (κ1) is 24.1. The van der Waals surface area contributed by atoms with Crippen LogP contribution >= 0.6 is 0 Å². The summed E-state index contributed by atoms with van der Waals surface area (Å²) in [5, 5.41) is 5.35. The lowest BCUT2D eigenvalue weighted by molar-refractivity contribution is -0.133. The van der Waals surface area contributed by atoms with Gasteiger partial charge in [-0.3, -0.25) is 9.48 Å². The molecule has 0 aliphatic carbocycles. The average Bonchev–Trinajstić information content (AvgIpc) is 3.08. The average molecular weight is 454 g/mol. The number of fused-ring (bicyclic) bond motifs is 1. The molecule has 2 aromatic rings. The number of hydrogen-bond donors (Lipinski definition) is 0. The molecule has 0 spiro atoms. The van der Waals surface area contributed by atoms with E-state index in [1.165, 1.54) is 0 Å². The van der Waals surface area contributed by atoms with Gasteiger partial charge in [0.25, 0.3) is 0 Å². The van der Waals surface area contributed by atoms with E-state index in [1.807, 2.05) is 31.6 Å². The van der Waals surface area contributed by atoms with Gasteiger partial charge >= 0.3 is 12.3 Å². The van der Waals surface area contributed by atoms with Crippen LogP contribution in [0.4, 0.5) is 18.0 Å². The van der Waals surface area contributed by atoms with Crippen LogP contribution in [0, 0.1) is 12.8 Å². The number of carbonyl (C=O) groups excluding carboxylic acids is 2. The van der Waals surface area contributed by atoms with Crippen LogP contribution in [0.3, 0.4) is 0 Å². The van der Waals surface area contributed by atoms with Crippen molar-refractivity contribution in [2.24, 2.45) is 5.92 Å². The number of benzene rings is 1. The highest BCUT2D eigenvalue weighted by Gasteiger charge is 2.29. The van der Waals surface area contributed by atoms with Crippen LogP contribution in [0.25, 0.3) is 10.9 Å². The van der Waals surface area contributed by atoms with Crippen molar-refractivity contribution in [3.63, 3.8) is 0 Å². The number of rotatable bonds is 5. The van der Waals surface area contributed by atoms with E-state index in [-0.39, 0.29) is 6.09 Å². The molecular formula is C23H30F3N3O3. The van der Waals surface area contributed by atoms with Crippen molar-refractivity contribution in [3.05, 3.63) is 29.5 Å². The number of carbonyl (C=O) groups is 2. The molecule has 6 nitrogen and oxygen atoms in total. The zero-order valence-electron chi connectivity index (χ0n) is 19.0. The summed E-state index contributed by atoms with van der Waals surface area (Å²) in [6.45, 7) is 9.20. The van der Waals surface area contributed by atoms with E-state index in [2.05, 4.69) is 5.10 Å². The minimum atomic E-state index is -4.35. The Bertz CT molecular complexity index is 984. The lowest BCUT2D eigenvalue weighted by atomic mass is 9.97. The molecule has 176 valence electrons. The highest BCUT2D eigenvalue weighted by molar-refractivity contribution is 6.01. The summed E-state index contributed by atoms with van der Waals surface area (Å²) >= 11 is 0. The highest BCUT2D eigenvalue weighted by Crippen LogP contribution is 2.27. The number of likely N-dealkylation sites (tertiary alicyclic amines) is 1. The Kier molecular flexibility index (Phi) is 6.86. The number of piperidine rings is 1. The van der Waals surface area contributed by atoms with Gasteiger partial charge in [0.1, 0.15) is 5.60 Å². The van der Waals surface area contributed by atoms with E-state index in [9.17, 15) is 22.8 Å². The van der Waals surface area contributed by atoms with E-state index in [0.29, 0.717) is 42.2 Å². The summed E-state index contributed by atoms with van der Waals surface area (Å²) in [5.74, 6) is -0.166. The van der Waals surface area contributed by atoms with E-state index in [1.54, 1.807) is 24.0 Å².